The van der Waals surface area contributed by atoms with Crippen molar-refractivity contribution >= 4 is 11.9 Å². The predicted octanol–water partition coefficient (Wildman–Crippen LogP) is 25.2. The van der Waals surface area contributed by atoms with Gasteiger partial charge in [-0.15, -0.1) is 0 Å². The topological polar surface area (TPSA) is 95.9 Å². The summed E-state index contributed by atoms with van der Waals surface area (Å²) in [5.74, 6) is -0.0544. The van der Waals surface area contributed by atoms with Crippen molar-refractivity contribution in [2.45, 2.75) is 431 Å². The molecule has 0 fully saturated rings. The summed E-state index contributed by atoms with van der Waals surface area (Å²) in [7, 11) is 0. The number of hydrogen-bond donors (Lipinski definition) is 3. The van der Waals surface area contributed by atoms with Gasteiger partial charge in [0.1, 0.15) is 0 Å². The van der Waals surface area contributed by atoms with E-state index in [1.807, 2.05) is 6.08 Å². The zero-order valence-electron chi connectivity index (χ0n) is 57.4. The van der Waals surface area contributed by atoms with E-state index in [1.165, 1.54) is 340 Å². The summed E-state index contributed by atoms with van der Waals surface area (Å²) in [6, 6.07) is -0.629. The van der Waals surface area contributed by atoms with E-state index in [2.05, 4.69) is 55.6 Å². The number of amides is 1. The number of esters is 1. The van der Waals surface area contributed by atoms with Crippen LogP contribution in [0.15, 0.2) is 48.6 Å². The molecule has 6 nitrogen and oxygen atoms in total. The minimum Gasteiger partial charge on any atom is -0.466 e. The second kappa shape index (κ2) is 74.3. The average molecular weight is 1190 g/mol. The van der Waals surface area contributed by atoms with Gasteiger partial charge in [0.15, 0.2) is 0 Å². The molecule has 0 saturated heterocycles. The lowest BCUT2D eigenvalue weighted by molar-refractivity contribution is -0.143. The van der Waals surface area contributed by atoms with Crippen LogP contribution < -0.4 is 5.32 Å². The fraction of sp³-hybridized carbons (Fsp3) is 0.873. The van der Waals surface area contributed by atoms with Crippen molar-refractivity contribution in [1.29, 1.82) is 0 Å². The number of nitrogens with one attached hydrogen (secondary N) is 1. The van der Waals surface area contributed by atoms with Crippen LogP contribution in [0.2, 0.25) is 0 Å². The number of aliphatic hydroxyl groups excluding tert-OH is 2. The highest BCUT2D eigenvalue weighted by Gasteiger charge is 2.18. The monoisotopic (exact) mass is 1190 g/mol. The number of allylic oxidation sites excluding steroid dienone is 7. The molecule has 0 aromatic carbocycles. The fourth-order valence-corrected chi connectivity index (χ4v) is 12.0. The lowest BCUT2D eigenvalue weighted by atomic mass is 10.0. The molecule has 0 bridgehead atoms. The van der Waals surface area contributed by atoms with Gasteiger partial charge in [-0.25, -0.2) is 0 Å². The first-order valence-corrected chi connectivity index (χ1v) is 38.4. The zero-order valence-corrected chi connectivity index (χ0v) is 57.4. The maximum Gasteiger partial charge on any atom is 0.305 e. The van der Waals surface area contributed by atoms with Crippen LogP contribution in [-0.2, 0) is 14.3 Å². The molecule has 0 aromatic rings. The van der Waals surface area contributed by atoms with Crippen LogP contribution in [0.1, 0.15) is 418 Å². The third-order valence-corrected chi connectivity index (χ3v) is 17.8. The van der Waals surface area contributed by atoms with Gasteiger partial charge in [-0.3, -0.25) is 9.59 Å². The number of aliphatic hydroxyl groups is 2. The first kappa shape index (κ1) is 82.8. The van der Waals surface area contributed by atoms with E-state index in [4.69, 9.17) is 4.74 Å². The SMILES string of the molecule is CCCCC/C=C\C/C=C\CCCCCCCCCC(=O)OCCCCCCCCCCCCCC/C=C\CCCCCCCCCCCCCCCC(=O)NC(CO)C(O)/C=C/CCCCCCCCCCCCCCCCCCCCCC. The van der Waals surface area contributed by atoms with Crippen LogP contribution in [0.4, 0.5) is 0 Å². The Morgan fingerprint density at radius 1 is 0.329 bits per heavy atom. The Balaban J connectivity index is 3.40. The number of hydrogen-bond acceptors (Lipinski definition) is 5. The summed E-state index contributed by atoms with van der Waals surface area (Å²) in [6.07, 6.45) is 97.8. The molecule has 0 radical (unpaired) electrons. The van der Waals surface area contributed by atoms with E-state index >= 15 is 0 Å². The Morgan fingerprint density at radius 3 is 0.929 bits per heavy atom. The summed E-state index contributed by atoms with van der Waals surface area (Å²) in [5, 5.41) is 23.3. The highest BCUT2D eigenvalue weighted by atomic mass is 16.5. The summed E-state index contributed by atoms with van der Waals surface area (Å²) in [6.45, 7) is 4.91. The normalized spacial score (nSPS) is 12.8. The van der Waals surface area contributed by atoms with Crippen molar-refractivity contribution < 1.29 is 24.5 Å². The van der Waals surface area contributed by atoms with Crippen LogP contribution >= 0.6 is 0 Å². The van der Waals surface area contributed by atoms with Gasteiger partial charge in [0.2, 0.25) is 5.91 Å². The van der Waals surface area contributed by atoms with Crippen molar-refractivity contribution in [3.8, 4) is 0 Å². The molecule has 0 aliphatic heterocycles. The smallest absolute Gasteiger partial charge is 0.305 e. The highest BCUT2D eigenvalue weighted by Crippen LogP contribution is 2.19. The van der Waals surface area contributed by atoms with Crippen molar-refractivity contribution in [3.05, 3.63) is 48.6 Å². The number of carbonyl (C=O) groups excluding carboxylic acids is 2. The summed E-state index contributed by atoms with van der Waals surface area (Å²) in [5.41, 5.74) is 0. The summed E-state index contributed by atoms with van der Waals surface area (Å²) in [4.78, 5) is 24.6. The fourth-order valence-electron chi connectivity index (χ4n) is 12.0. The molecule has 3 N–H and O–H groups in total. The van der Waals surface area contributed by atoms with Crippen LogP contribution in [0.25, 0.3) is 0 Å². The second-order valence-electron chi connectivity index (χ2n) is 26.3. The maximum atomic E-state index is 12.5. The second-order valence-corrected chi connectivity index (χ2v) is 26.3. The van der Waals surface area contributed by atoms with Crippen LogP contribution in [0.3, 0.4) is 0 Å². The molecule has 2 unspecified atom stereocenters. The van der Waals surface area contributed by atoms with E-state index < -0.39 is 12.1 Å². The minimum absolute atomic E-state index is 0.00882. The molecule has 0 aliphatic carbocycles. The quantitative estimate of drug-likeness (QED) is 0.0320. The van der Waals surface area contributed by atoms with E-state index in [1.54, 1.807) is 6.08 Å². The molecular weight excluding hydrogens is 1040 g/mol. The molecule has 0 saturated carbocycles. The van der Waals surface area contributed by atoms with Gasteiger partial charge in [0, 0.05) is 12.8 Å². The third-order valence-electron chi connectivity index (χ3n) is 17.8. The molecule has 0 spiro atoms. The van der Waals surface area contributed by atoms with Gasteiger partial charge < -0.3 is 20.3 Å². The van der Waals surface area contributed by atoms with Gasteiger partial charge in [-0.2, -0.15) is 0 Å². The van der Waals surface area contributed by atoms with E-state index in [9.17, 15) is 19.8 Å². The largest absolute Gasteiger partial charge is 0.466 e. The lowest BCUT2D eigenvalue weighted by Crippen LogP contribution is -2.45. The molecule has 500 valence electrons. The highest BCUT2D eigenvalue weighted by molar-refractivity contribution is 5.76. The minimum atomic E-state index is -0.846. The van der Waals surface area contributed by atoms with Crippen LogP contribution in [0, 0.1) is 0 Å². The van der Waals surface area contributed by atoms with Gasteiger partial charge >= 0.3 is 5.97 Å². The number of carbonyl (C=O) groups is 2. The van der Waals surface area contributed by atoms with Crippen LogP contribution in [0.5, 0.6) is 0 Å². The molecule has 0 aromatic heterocycles. The van der Waals surface area contributed by atoms with Crippen LogP contribution in [-0.4, -0.2) is 47.4 Å². The molecule has 85 heavy (non-hydrogen) atoms. The molecule has 0 aliphatic rings. The zero-order chi connectivity index (χ0) is 61.3. The third kappa shape index (κ3) is 70.8. The molecule has 6 heteroatoms. The molecule has 1 amide bonds. The van der Waals surface area contributed by atoms with Gasteiger partial charge in [-0.1, -0.05) is 364 Å². The van der Waals surface area contributed by atoms with Crippen molar-refractivity contribution in [1.82, 2.24) is 5.32 Å². The van der Waals surface area contributed by atoms with E-state index in [0.29, 0.717) is 19.4 Å². The first-order valence-electron chi connectivity index (χ1n) is 38.4. The van der Waals surface area contributed by atoms with Gasteiger partial charge in [0.05, 0.1) is 25.4 Å². The molecular formula is C79H149NO5. The van der Waals surface area contributed by atoms with E-state index in [0.717, 1.165) is 51.4 Å². The van der Waals surface area contributed by atoms with Crippen molar-refractivity contribution in [2.75, 3.05) is 13.2 Å². The lowest BCUT2D eigenvalue weighted by Gasteiger charge is -2.20. The maximum absolute atomic E-state index is 12.5. The Hall–Kier alpha value is -2.18. The van der Waals surface area contributed by atoms with Gasteiger partial charge in [0.25, 0.3) is 0 Å². The van der Waals surface area contributed by atoms with Crippen molar-refractivity contribution in [3.63, 3.8) is 0 Å². The molecule has 0 heterocycles. The molecule has 0 rings (SSSR count). The first-order chi connectivity index (χ1) is 42.0. The predicted molar refractivity (Wildman–Crippen MR) is 375 cm³/mol. The summed E-state index contributed by atoms with van der Waals surface area (Å²) >= 11 is 0. The number of rotatable bonds is 72. The van der Waals surface area contributed by atoms with Crippen molar-refractivity contribution in [2.24, 2.45) is 0 Å². The standard InChI is InChI=1S/C79H149NO5/c1-3-5-7-9-11-13-15-17-19-21-22-23-33-36-40-43-47-51-55-59-63-67-71-77(82)76(75-81)80-78(83)72-68-64-60-56-52-48-44-41-37-34-31-29-27-25-24-26-28-30-32-35-38-42-46-50-54-58-62-66-70-74-85-79(84)73-69-65-61-57-53-49-45-39-20-18-16-14-12-10-8-6-4-2/h12,14,18,20,24,26,67,71,76-77,81-82H,3-11,13,15-17,19,21-23,25,27-66,68-70,72-75H2,1-2H3,(H,80,83)/b14-12-,20-18-,26-24-,71-67+. The summed E-state index contributed by atoms with van der Waals surface area (Å²) < 4.78 is 5.50. The van der Waals surface area contributed by atoms with E-state index in [-0.39, 0.29) is 18.5 Å². The Morgan fingerprint density at radius 2 is 0.588 bits per heavy atom. The number of unbranched alkanes of at least 4 members (excludes halogenated alkanes) is 55. The molecule has 2 atom stereocenters. The van der Waals surface area contributed by atoms with Gasteiger partial charge in [-0.05, 0) is 89.9 Å². The Kier molecular flexibility index (Phi) is 72.4. The Bertz CT molecular complexity index is 1420. The average Bonchev–Trinajstić information content (AvgIpc) is 3.51. The number of ether oxygens (including phenoxy) is 1. The Labute approximate surface area is 531 Å².